The number of aromatic nitrogens is 1. The third-order valence-electron chi connectivity index (χ3n) is 9.75. The van der Waals surface area contributed by atoms with Crippen LogP contribution in [-0.2, 0) is 22.9 Å². The van der Waals surface area contributed by atoms with E-state index >= 15 is 0 Å². The Morgan fingerprint density at radius 3 is 2.24 bits per heavy atom. The van der Waals surface area contributed by atoms with Crippen molar-refractivity contribution < 1.29 is 9.18 Å². The van der Waals surface area contributed by atoms with Gasteiger partial charge in [0.25, 0.3) is 5.91 Å². The van der Waals surface area contributed by atoms with E-state index in [0.717, 1.165) is 48.7 Å². The summed E-state index contributed by atoms with van der Waals surface area (Å²) in [5.41, 5.74) is 5.92. The lowest BCUT2D eigenvalue weighted by atomic mass is 9.65. The van der Waals surface area contributed by atoms with Crippen molar-refractivity contribution in [2.75, 3.05) is 20.6 Å². The molecule has 4 nitrogen and oxygen atoms in total. The van der Waals surface area contributed by atoms with Crippen LogP contribution in [0.5, 0.6) is 0 Å². The number of para-hydroxylation sites is 1. The largest absolute Gasteiger partial charge is 0.356 e. The second-order valence-electron chi connectivity index (χ2n) is 13.0. The molecule has 0 bridgehead atoms. The molecule has 0 radical (unpaired) electrons. The quantitative estimate of drug-likeness (QED) is 0.274. The number of amides is 1. The predicted molar refractivity (Wildman–Crippen MR) is 170 cm³/mol. The number of nitrogens with one attached hydrogen (secondary N) is 1. The number of benzene rings is 3. The van der Waals surface area contributed by atoms with Crippen LogP contribution in [-0.4, -0.2) is 41.3 Å². The van der Waals surface area contributed by atoms with Crippen molar-refractivity contribution >= 4 is 30.3 Å². The van der Waals surface area contributed by atoms with Gasteiger partial charge in [-0.1, -0.05) is 63.2 Å². The highest BCUT2D eigenvalue weighted by atomic mass is 32.1. The molecule has 1 N–H and O–H groups in total. The molecule has 1 spiro atoms. The van der Waals surface area contributed by atoms with Crippen LogP contribution in [0.1, 0.15) is 79.2 Å². The third kappa shape index (κ3) is 4.79. The molecular formula is C35H42FN3OS. The molecule has 0 atom stereocenters. The van der Waals surface area contributed by atoms with Crippen LogP contribution in [0.15, 0.2) is 72.8 Å². The first-order valence-corrected chi connectivity index (χ1v) is 14.5. The lowest BCUT2D eigenvalue weighted by Gasteiger charge is -2.55. The summed E-state index contributed by atoms with van der Waals surface area (Å²) >= 11 is 0. The SMILES string of the molecule is CN(C)C1(c2cccc(F)c2)CCC2(CC1)c1[nH]c3ccccc3c1CCN2C(=O)c1ccc(C(C)(C)C)cc1.S. The number of aromatic amines is 1. The summed E-state index contributed by atoms with van der Waals surface area (Å²) in [6.07, 6.45) is 4.08. The maximum absolute atomic E-state index is 14.4. The fourth-order valence-electron chi connectivity index (χ4n) is 7.36. The Kier molecular flexibility index (Phi) is 7.62. The molecule has 0 unspecified atom stereocenters. The average Bonchev–Trinajstić information content (AvgIpc) is 3.33. The Labute approximate surface area is 250 Å². The van der Waals surface area contributed by atoms with Gasteiger partial charge in [0.05, 0.1) is 5.54 Å². The molecule has 4 aromatic rings. The van der Waals surface area contributed by atoms with Crippen molar-refractivity contribution in [3.63, 3.8) is 0 Å². The number of carbonyl (C=O) groups is 1. The van der Waals surface area contributed by atoms with Gasteiger partial charge in [-0.2, -0.15) is 13.5 Å². The number of rotatable bonds is 3. The van der Waals surface area contributed by atoms with E-state index in [1.807, 2.05) is 18.2 Å². The molecule has 1 amide bonds. The number of fused-ring (bicyclic) bond motifs is 4. The standard InChI is InChI=1S/C35H40FN3O.H2S/c1-33(2,3)25-15-13-24(14-16-25)32(40)39-22-17-29-28-11-6-7-12-30(28)37-31(29)35(39)20-18-34(19-21-35,38(4)5)26-9-8-10-27(36)23-26;/h6-16,23,37H,17-22H2,1-5H3;1H2. The summed E-state index contributed by atoms with van der Waals surface area (Å²) in [6.45, 7) is 7.26. The Morgan fingerprint density at radius 1 is 0.927 bits per heavy atom. The molecule has 1 fully saturated rings. The summed E-state index contributed by atoms with van der Waals surface area (Å²) in [7, 11) is 4.19. The predicted octanol–water partition coefficient (Wildman–Crippen LogP) is 7.64. The Morgan fingerprint density at radius 2 is 1.61 bits per heavy atom. The number of nitrogens with zero attached hydrogens (tertiary/aromatic N) is 2. The van der Waals surface area contributed by atoms with Gasteiger partial charge in [0.2, 0.25) is 0 Å². The van der Waals surface area contributed by atoms with Gasteiger partial charge in [0, 0.05) is 34.2 Å². The highest BCUT2D eigenvalue weighted by Gasteiger charge is 2.53. The van der Waals surface area contributed by atoms with E-state index in [1.54, 1.807) is 6.07 Å². The molecule has 1 aliphatic heterocycles. The highest BCUT2D eigenvalue weighted by molar-refractivity contribution is 7.59. The van der Waals surface area contributed by atoms with E-state index in [1.165, 1.54) is 28.3 Å². The lowest BCUT2D eigenvalue weighted by molar-refractivity contribution is -0.0142. The summed E-state index contributed by atoms with van der Waals surface area (Å²) < 4.78 is 14.4. The van der Waals surface area contributed by atoms with Crippen molar-refractivity contribution in [2.45, 2.75) is 69.4 Å². The average molecular weight is 572 g/mol. The maximum atomic E-state index is 14.4. The molecule has 3 aromatic carbocycles. The van der Waals surface area contributed by atoms with Gasteiger partial charge in [-0.3, -0.25) is 9.69 Å². The molecule has 6 heteroatoms. The van der Waals surface area contributed by atoms with Gasteiger partial charge in [-0.05, 0) is 98.6 Å². The normalized spacial score (nSPS) is 22.6. The van der Waals surface area contributed by atoms with Gasteiger partial charge < -0.3 is 9.88 Å². The van der Waals surface area contributed by atoms with Crippen LogP contribution in [0, 0.1) is 5.82 Å². The first kappa shape index (κ1) is 29.4. The van der Waals surface area contributed by atoms with Gasteiger partial charge in [0.1, 0.15) is 5.82 Å². The van der Waals surface area contributed by atoms with Crippen LogP contribution in [0.25, 0.3) is 10.9 Å². The molecule has 2 heterocycles. The number of halogens is 1. The van der Waals surface area contributed by atoms with Crippen LogP contribution in [0.3, 0.4) is 0 Å². The Hall–Kier alpha value is -3.09. The number of hydrogen-bond acceptors (Lipinski definition) is 2. The molecule has 1 aliphatic carbocycles. The van der Waals surface area contributed by atoms with Gasteiger partial charge in [-0.25, -0.2) is 4.39 Å². The van der Waals surface area contributed by atoms with Gasteiger partial charge >= 0.3 is 0 Å². The van der Waals surface area contributed by atoms with Crippen LogP contribution < -0.4 is 0 Å². The molecule has 0 saturated heterocycles. The van der Waals surface area contributed by atoms with Crippen molar-refractivity contribution in [3.05, 3.63) is 107 Å². The summed E-state index contributed by atoms with van der Waals surface area (Å²) in [5, 5.41) is 1.26. The fourth-order valence-corrected chi connectivity index (χ4v) is 7.36. The molecule has 216 valence electrons. The Bertz CT molecular complexity index is 1560. The minimum Gasteiger partial charge on any atom is -0.356 e. The van der Waals surface area contributed by atoms with E-state index in [4.69, 9.17) is 0 Å². The highest BCUT2D eigenvalue weighted by Crippen LogP contribution is 2.54. The molecule has 41 heavy (non-hydrogen) atoms. The molecular weight excluding hydrogens is 529 g/mol. The first-order chi connectivity index (χ1) is 19.0. The first-order valence-electron chi connectivity index (χ1n) is 14.5. The van der Waals surface area contributed by atoms with Crippen LogP contribution in [0.2, 0.25) is 0 Å². The lowest BCUT2D eigenvalue weighted by Crippen LogP contribution is -2.58. The molecule has 6 rings (SSSR count). The van der Waals surface area contributed by atoms with E-state index < -0.39 is 5.54 Å². The van der Waals surface area contributed by atoms with E-state index in [2.05, 4.69) is 92.1 Å². The smallest absolute Gasteiger partial charge is 0.254 e. The maximum Gasteiger partial charge on any atom is 0.254 e. The van der Waals surface area contributed by atoms with Crippen molar-refractivity contribution in [1.29, 1.82) is 0 Å². The number of carbonyl (C=O) groups excluding carboxylic acids is 1. The zero-order chi connectivity index (χ0) is 28.3. The molecule has 2 aliphatic rings. The zero-order valence-electron chi connectivity index (χ0n) is 24.9. The van der Waals surface area contributed by atoms with E-state index in [9.17, 15) is 9.18 Å². The second-order valence-corrected chi connectivity index (χ2v) is 13.0. The van der Waals surface area contributed by atoms with Crippen LogP contribution in [0.4, 0.5) is 4.39 Å². The van der Waals surface area contributed by atoms with Crippen LogP contribution >= 0.6 is 13.5 Å². The van der Waals surface area contributed by atoms with E-state index in [0.29, 0.717) is 6.54 Å². The Balaban J connectivity index is 0.00000337. The monoisotopic (exact) mass is 571 g/mol. The minimum absolute atomic E-state index is 0. The summed E-state index contributed by atoms with van der Waals surface area (Å²) in [4.78, 5) is 22.5. The topological polar surface area (TPSA) is 39.3 Å². The van der Waals surface area contributed by atoms with Crippen molar-refractivity contribution in [3.8, 4) is 0 Å². The number of hydrogen-bond donors (Lipinski definition) is 1. The third-order valence-corrected chi connectivity index (χ3v) is 9.75. The second kappa shape index (κ2) is 10.6. The summed E-state index contributed by atoms with van der Waals surface area (Å²) in [6, 6.07) is 23.8. The minimum atomic E-state index is -0.445. The number of H-pyrrole nitrogens is 1. The van der Waals surface area contributed by atoms with E-state index in [-0.39, 0.29) is 36.2 Å². The molecule has 1 saturated carbocycles. The van der Waals surface area contributed by atoms with Gasteiger partial charge in [-0.15, -0.1) is 0 Å². The molecule has 1 aromatic heterocycles. The van der Waals surface area contributed by atoms with Gasteiger partial charge in [0.15, 0.2) is 0 Å². The van der Waals surface area contributed by atoms with Crippen molar-refractivity contribution in [2.24, 2.45) is 0 Å². The van der Waals surface area contributed by atoms with Crippen molar-refractivity contribution in [1.82, 2.24) is 14.8 Å². The fraction of sp³-hybridized carbons (Fsp3) is 0.400. The summed E-state index contributed by atoms with van der Waals surface area (Å²) in [5.74, 6) is -0.113. The zero-order valence-corrected chi connectivity index (χ0v) is 25.9.